The van der Waals surface area contributed by atoms with E-state index >= 15 is 0 Å². The van der Waals surface area contributed by atoms with Crippen LogP contribution in [-0.4, -0.2) is 70.5 Å². The third-order valence-electron chi connectivity index (χ3n) is 7.15. The van der Waals surface area contributed by atoms with Crippen molar-refractivity contribution in [2.45, 2.75) is 84.0 Å². The van der Waals surface area contributed by atoms with Gasteiger partial charge in [-0.1, -0.05) is 52.3 Å². The number of aromatic amines is 1. The van der Waals surface area contributed by atoms with Gasteiger partial charge < -0.3 is 43.2 Å². The number of amides is 3. The van der Waals surface area contributed by atoms with Crippen molar-refractivity contribution in [2.24, 2.45) is 34.0 Å². The molecule has 5 atom stereocenters. The van der Waals surface area contributed by atoms with Gasteiger partial charge in [-0.15, -0.1) is 0 Å². The van der Waals surface area contributed by atoms with Gasteiger partial charge in [-0.3, -0.25) is 19.4 Å². The van der Waals surface area contributed by atoms with Crippen LogP contribution in [0, 0.1) is 11.8 Å². The van der Waals surface area contributed by atoms with Gasteiger partial charge >= 0.3 is 5.97 Å². The number of nitrogens with two attached hydrogens (primary N) is 3. The van der Waals surface area contributed by atoms with Crippen LogP contribution in [0.5, 0.6) is 0 Å². The number of carboxylic acid groups (broad SMARTS) is 1. The number of nitrogens with one attached hydrogen (secondary N) is 4. The summed E-state index contributed by atoms with van der Waals surface area (Å²) in [6.07, 6.45) is 3.46. The Balaban J connectivity index is 2.28. The van der Waals surface area contributed by atoms with Crippen molar-refractivity contribution in [2.75, 3.05) is 6.54 Å². The lowest BCUT2D eigenvalue weighted by molar-refractivity contribution is -0.144. The van der Waals surface area contributed by atoms with E-state index in [1.165, 1.54) is 0 Å². The number of carboxylic acids is 1. The quantitative estimate of drug-likeness (QED) is 0.0746. The molecule has 13 nitrogen and oxygen atoms in total. The lowest BCUT2D eigenvalue weighted by Gasteiger charge is -2.27. The van der Waals surface area contributed by atoms with E-state index in [1.54, 1.807) is 13.1 Å². The zero-order valence-corrected chi connectivity index (χ0v) is 24.9. The van der Waals surface area contributed by atoms with Crippen molar-refractivity contribution >= 4 is 40.6 Å². The highest BCUT2D eigenvalue weighted by Gasteiger charge is 2.32. The first kappa shape index (κ1) is 34.1. The maximum atomic E-state index is 13.7. The predicted molar refractivity (Wildman–Crippen MR) is 162 cm³/mol. The minimum Gasteiger partial charge on any atom is -0.480 e. The van der Waals surface area contributed by atoms with E-state index in [1.807, 2.05) is 45.0 Å². The molecule has 3 amide bonds. The summed E-state index contributed by atoms with van der Waals surface area (Å²) in [4.78, 5) is 58.9. The molecule has 232 valence electrons. The van der Waals surface area contributed by atoms with Crippen molar-refractivity contribution < 1.29 is 24.3 Å². The zero-order chi connectivity index (χ0) is 31.4. The van der Waals surface area contributed by atoms with E-state index in [2.05, 4.69) is 25.9 Å². The topological polar surface area (TPSA) is 231 Å². The van der Waals surface area contributed by atoms with Gasteiger partial charge in [0.2, 0.25) is 17.7 Å². The van der Waals surface area contributed by atoms with E-state index in [4.69, 9.17) is 17.2 Å². The average Bonchev–Trinajstić information content (AvgIpc) is 3.34. The number of H-pyrrole nitrogens is 1. The van der Waals surface area contributed by atoms with Crippen LogP contribution in [-0.2, 0) is 25.6 Å². The molecule has 2 rings (SSSR count). The third kappa shape index (κ3) is 10.4. The summed E-state index contributed by atoms with van der Waals surface area (Å²) in [5.41, 5.74) is 18.4. The van der Waals surface area contributed by atoms with Gasteiger partial charge in [-0.2, -0.15) is 0 Å². The second-order valence-corrected chi connectivity index (χ2v) is 11.1. The number of fused-ring (bicyclic) bond motifs is 1. The number of benzene rings is 1. The number of aliphatic carboxylic acids is 1. The van der Waals surface area contributed by atoms with Gasteiger partial charge in [0, 0.05) is 30.1 Å². The molecule has 0 fully saturated rings. The van der Waals surface area contributed by atoms with Crippen LogP contribution < -0.4 is 33.2 Å². The number of para-hydroxylation sites is 1. The van der Waals surface area contributed by atoms with Crippen LogP contribution in [0.2, 0.25) is 0 Å². The Kier molecular flexibility index (Phi) is 13.3. The van der Waals surface area contributed by atoms with Gasteiger partial charge in [0.15, 0.2) is 5.96 Å². The minimum atomic E-state index is -1.15. The van der Waals surface area contributed by atoms with E-state index < -0.39 is 47.9 Å². The van der Waals surface area contributed by atoms with E-state index in [9.17, 15) is 24.3 Å². The Morgan fingerprint density at radius 2 is 1.62 bits per heavy atom. The molecule has 5 unspecified atom stereocenters. The molecule has 13 heteroatoms. The number of nitrogens with zero attached hydrogens (tertiary/aromatic N) is 1. The van der Waals surface area contributed by atoms with Gasteiger partial charge in [-0.05, 0) is 42.7 Å². The molecule has 0 saturated carbocycles. The fourth-order valence-corrected chi connectivity index (χ4v) is 4.57. The monoisotopic (exact) mass is 586 g/mol. The lowest BCUT2D eigenvalue weighted by Crippen LogP contribution is -2.58. The van der Waals surface area contributed by atoms with Crippen LogP contribution in [0.15, 0.2) is 35.5 Å². The van der Waals surface area contributed by atoms with E-state index in [0.29, 0.717) is 19.4 Å². The van der Waals surface area contributed by atoms with Crippen LogP contribution in [0.3, 0.4) is 0 Å². The number of aromatic nitrogens is 1. The summed E-state index contributed by atoms with van der Waals surface area (Å²) >= 11 is 0. The van der Waals surface area contributed by atoms with E-state index in [0.717, 1.165) is 16.5 Å². The highest BCUT2D eigenvalue weighted by molar-refractivity contribution is 5.95. The summed E-state index contributed by atoms with van der Waals surface area (Å²) in [6, 6.07) is 3.47. The molecule has 0 spiro atoms. The standard InChI is InChI=1S/C29H46N8O5/c1-5-17(4)24(28(41)42)37-27(40)22(13-16(2)3)36-26(39)23(14-18-15-34-21-11-7-6-9-19(18)21)35-25(38)20(30)10-8-12-33-29(31)32/h6-7,9,11,15-17,20,22-24,34H,5,8,10,12-14,30H2,1-4H3,(H,35,38)(H,36,39)(H,37,40)(H,41,42)(H4,31,32,33). The maximum absolute atomic E-state index is 13.7. The Hall–Kier alpha value is -4.13. The first-order valence-corrected chi connectivity index (χ1v) is 14.3. The molecule has 0 saturated heterocycles. The molecule has 11 N–H and O–H groups in total. The summed E-state index contributed by atoms with van der Waals surface area (Å²) < 4.78 is 0. The molecule has 42 heavy (non-hydrogen) atoms. The first-order chi connectivity index (χ1) is 19.8. The molecule has 0 bridgehead atoms. The largest absolute Gasteiger partial charge is 0.480 e. The molecule has 0 aliphatic rings. The van der Waals surface area contributed by atoms with Crippen LogP contribution in [0.4, 0.5) is 0 Å². The van der Waals surface area contributed by atoms with Gasteiger partial charge in [0.1, 0.15) is 18.1 Å². The van der Waals surface area contributed by atoms with Crippen molar-refractivity contribution in [3.8, 4) is 0 Å². The molecule has 1 heterocycles. The molecule has 0 aliphatic carbocycles. The van der Waals surface area contributed by atoms with Crippen molar-refractivity contribution in [1.29, 1.82) is 0 Å². The van der Waals surface area contributed by atoms with Gasteiger partial charge in [0.25, 0.3) is 0 Å². The fourth-order valence-electron chi connectivity index (χ4n) is 4.57. The Labute approximate surface area is 246 Å². The normalized spacial score (nSPS) is 14.8. The van der Waals surface area contributed by atoms with Crippen LogP contribution >= 0.6 is 0 Å². The summed E-state index contributed by atoms with van der Waals surface area (Å²) in [5.74, 6) is -3.23. The number of aliphatic imine (C=N–C) groups is 1. The van der Waals surface area contributed by atoms with Crippen LogP contribution in [0.1, 0.15) is 58.9 Å². The Morgan fingerprint density at radius 3 is 2.24 bits per heavy atom. The Bertz CT molecular complexity index is 1240. The second kappa shape index (κ2) is 16.3. The minimum absolute atomic E-state index is 0.00761. The number of rotatable bonds is 17. The summed E-state index contributed by atoms with van der Waals surface area (Å²) in [6.45, 7) is 7.67. The number of carbonyl (C=O) groups is 4. The molecule has 2 aromatic rings. The van der Waals surface area contributed by atoms with Crippen LogP contribution in [0.25, 0.3) is 10.9 Å². The second-order valence-electron chi connectivity index (χ2n) is 11.1. The first-order valence-electron chi connectivity index (χ1n) is 14.3. The van der Waals surface area contributed by atoms with E-state index in [-0.39, 0.29) is 37.1 Å². The average molecular weight is 587 g/mol. The van der Waals surface area contributed by atoms with Crippen molar-refractivity contribution in [3.63, 3.8) is 0 Å². The number of hydrogen-bond donors (Lipinski definition) is 8. The highest BCUT2D eigenvalue weighted by atomic mass is 16.4. The fraction of sp³-hybridized carbons (Fsp3) is 0.552. The molecular formula is C29H46N8O5. The number of guanidine groups is 1. The lowest BCUT2D eigenvalue weighted by atomic mass is 9.97. The molecule has 1 aromatic heterocycles. The van der Waals surface area contributed by atoms with Gasteiger partial charge in [0.05, 0.1) is 6.04 Å². The summed E-state index contributed by atoms with van der Waals surface area (Å²) in [7, 11) is 0. The Morgan fingerprint density at radius 1 is 0.976 bits per heavy atom. The smallest absolute Gasteiger partial charge is 0.326 e. The summed E-state index contributed by atoms with van der Waals surface area (Å²) in [5, 5.41) is 18.7. The molecule has 0 radical (unpaired) electrons. The molecule has 0 aliphatic heterocycles. The number of carbonyl (C=O) groups excluding carboxylic acids is 3. The molecular weight excluding hydrogens is 540 g/mol. The van der Waals surface area contributed by atoms with Crippen molar-refractivity contribution in [3.05, 3.63) is 36.0 Å². The third-order valence-corrected chi connectivity index (χ3v) is 7.15. The van der Waals surface area contributed by atoms with Crippen molar-refractivity contribution in [1.82, 2.24) is 20.9 Å². The van der Waals surface area contributed by atoms with Gasteiger partial charge in [-0.25, -0.2) is 4.79 Å². The maximum Gasteiger partial charge on any atom is 0.326 e. The molecule has 1 aromatic carbocycles. The zero-order valence-electron chi connectivity index (χ0n) is 24.9. The number of hydrogen-bond acceptors (Lipinski definition) is 6. The SMILES string of the molecule is CCC(C)C(NC(=O)C(CC(C)C)NC(=O)C(Cc1c[nH]c2ccccc12)NC(=O)C(N)CCCN=C(N)N)C(=O)O. The predicted octanol–water partition coefficient (Wildman–Crippen LogP) is 0.723. The highest BCUT2D eigenvalue weighted by Crippen LogP contribution is 2.20.